The molecule has 2 aromatic heterocycles. The molecule has 0 N–H and O–H groups in total. The van der Waals surface area contributed by atoms with Crippen LogP contribution in [0.3, 0.4) is 0 Å². The van der Waals surface area contributed by atoms with Crippen molar-refractivity contribution in [1.29, 1.82) is 0 Å². The lowest BCUT2D eigenvalue weighted by Gasteiger charge is -2.16. The van der Waals surface area contributed by atoms with Gasteiger partial charge in [-0.05, 0) is 27.7 Å². The highest BCUT2D eigenvalue weighted by molar-refractivity contribution is 4.91. The molecule has 8 heteroatoms. The van der Waals surface area contributed by atoms with Crippen LogP contribution in [0.1, 0.15) is 45.5 Å². The Kier molecular flexibility index (Phi) is 3.76. The van der Waals surface area contributed by atoms with Gasteiger partial charge in [0.25, 0.3) is 0 Å². The van der Waals surface area contributed by atoms with Crippen molar-refractivity contribution < 1.29 is 9.26 Å². The van der Waals surface area contributed by atoms with Crippen LogP contribution in [-0.4, -0.2) is 31.6 Å². The summed E-state index contributed by atoms with van der Waals surface area (Å²) in [5.41, 5.74) is -0.579. The molecule has 0 fully saturated rings. The smallest absolute Gasteiger partial charge is 0.346 e. The first-order valence-electron chi connectivity index (χ1n) is 6.33. The maximum Gasteiger partial charge on any atom is 0.346 e. The monoisotopic (exact) mass is 281 g/mol. The molecule has 2 aromatic rings. The van der Waals surface area contributed by atoms with E-state index in [1.54, 1.807) is 7.11 Å². The highest BCUT2D eigenvalue weighted by Gasteiger charge is 2.20. The number of aromatic nitrogens is 5. The minimum absolute atomic E-state index is 0.193. The predicted molar refractivity (Wildman–Crippen MR) is 70.3 cm³/mol. The normalized spacial score (nSPS) is 13.7. The molecule has 110 valence electrons. The number of ether oxygens (including phenoxy) is 1. The fourth-order valence-electron chi connectivity index (χ4n) is 1.65. The molecule has 0 saturated carbocycles. The summed E-state index contributed by atoms with van der Waals surface area (Å²) < 4.78 is 13.1. The van der Waals surface area contributed by atoms with Gasteiger partial charge in [0.1, 0.15) is 19.0 Å². The SMILES string of the molecule is COC(C)c1noc(Cn2cnn(C(C)(C)C)c2=O)n1. The second kappa shape index (κ2) is 5.20. The van der Waals surface area contributed by atoms with Crippen LogP contribution in [0.2, 0.25) is 0 Å². The summed E-state index contributed by atoms with van der Waals surface area (Å²) in [6.45, 7) is 7.75. The number of nitrogens with zero attached hydrogens (tertiary/aromatic N) is 5. The summed E-state index contributed by atoms with van der Waals surface area (Å²) in [6.07, 6.45) is 1.22. The summed E-state index contributed by atoms with van der Waals surface area (Å²) in [7, 11) is 1.57. The van der Waals surface area contributed by atoms with Gasteiger partial charge in [-0.3, -0.25) is 4.57 Å². The van der Waals surface area contributed by atoms with Crippen LogP contribution in [0.15, 0.2) is 15.6 Å². The molecule has 0 saturated heterocycles. The summed E-state index contributed by atoms with van der Waals surface area (Å²) in [5, 5.41) is 7.91. The molecule has 0 bridgehead atoms. The Morgan fingerprint density at radius 1 is 1.45 bits per heavy atom. The molecule has 0 amide bonds. The molecule has 0 aliphatic rings. The zero-order valence-corrected chi connectivity index (χ0v) is 12.3. The van der Waals surface area contributed by atoms with E-state index in [1.165, 1.54) is 15.6 Å². The Balaban J connectivity index is 2.21. The third kappa shape index (κ3) is 2.79. The molecule has 8 nitrogen and oxygen atoms in total. The molecule has 0 spiro atoms. The van der Waals surface area contributed by atoms with E-state index in [-0.39, 0.29) is 23.9 Å². The van der Waals surface area contributed by atoms with Gasteiger partial charge in [-0.15, -0.1) is 0 Å². The van der Waals surface area contributed by atoms with Crippen molar-refractivity contribution in [2.75, 3.05) is 7.11 Å². The molecule has 2 rings (SSSR count). The molecule has 0 aliphatic heterocycles. The second-order valence-electron chi connectivity index (χ2n) is 5.55. The van der Waals surface area contributed by atoms with E-state index in [2.05, 4.69) is 15.2 Å². The van der Waals surface area contributed by atoms with E-state index < -0.39 is 0 Å². The molecule has 1 unspecified atom stereocenters. The van der Waals surface area contributed by atoms with E-state index in [1.807, 2.05) is 27.7 Å². The summed E-state index contributed by atoms with van der Waals surface area (Å²) in [4.78, 5) is 16.4. The molecular formula is C12H19N5O3. The van der Waals surface area contributed by atoms with Crippen molar-refractivity contribution in [3.8, 4) is 0 Å². The molecule has 1 atom stereocenters. The minimum atomic E-state index is -0.368. The third-order valence-corrected chi connectivity index (χ3v) is 2.88. The van der Waals surface area contributed by atoms with Gasteiger partial charge in [0.05, 0.1) is 5.54 Å². The van der Waals surface area contributed by atoms with Crippen LogP contribution in [-0.2, 0) is 16.8 Å². The number of hydrogen-bond acceptors (Lipinski definition) is 6. The Morgan fingerprint density at radius 3 is 2.70 bits per heavy atom. The Labute approximate surface area is 116 Å². The molecule has 20 heavy (non-hydrogen) atoms. The molecule has 2 heterocycles. The molecule has 0 radical (unpaired) electrons. The Bertz CT molecular complexity index is 634. The molecule has 0 aliphatic carbocycles. The van der Waals surface area contributed by atoms with Crippen LogP contribution < -0.4 is 5.69 Å². The zero-order valence-electron chi connectivity index (χ0n) is 12.3. The van der Waals surface area contributed by atoms with E-state index in [4.69, 9.17) is 9.26 Å². The summed E-state index contributed by atoms with van der Waals surface area (Å²) in [5.74, 6) is 0.804. The molecular weight excluding hydrogens is 262 g/mol. The van der Waals surface area contributed by atoms with Gasteiger partial charge in [0, 0.05) is 7.11 Å². The van der Waals surface area contributed by atoms with E-state index >= 15 is 0 Å². The first-order valence-corrected chi connectivity index (χ1v) is 6.33. The quantitative estimate of drug-likeness (QED) is 0.828. The van der Waals surface area contributed by atoms with Crippen molar-refractivity contribution in [2.45, 2.75) is 45.9 Å². The first kappa shape index (κ1) is 14.4. The van der Waals surface area contributed by atoms with E-state index in [0.717, 1.165) is 0 Å². The van der Waals surface area contributed by atoms with Crippen LogP contribution in [0.25, 0.3) is 0 Å². The van der Waals surface area contributed by atoms with Gasteiger partial charge >= 0.3 is 5.69 Å². The third-order valence-electron chi connectivity index (χ3n) is 2.88. The van der Waals surface area contributed by atoms with Crippen LogP contribution >= 0.6 is 0 Å². The first-order chi connectivity index (χ1) is 9.32. The lowest BCUT2D eigenvalue weighted by Crippen LogP contribution is -2.35. The lowest BCUT2D eigenvalue weighted by atomic mass is 10.1. The van der Waals surface area contributed by atoms with Crippen LogP contribution in [0, 0.1) is 0 Å². The predicted octanol–water partition coefficient (Wildman–Crippen LogP) is 0.938. The zero-order chi connectivity index (χ0) is 14.9. The Morgan fingerprint density at radius 2 is 2.15 bits per heavy atom. The van der Waals surface area contributed by atoms with Crippen molar-refractivity contribution in [1.82, 2.24) is 24.5 Å². The fourth-order valence-corrected chi connectivity index (χ4v) is 1.65. The van der Waals surface area contributed by atoms with E-state index in [0.29, 0.717) is 11.7 Å². The second-order valence-corrected chi connectivity index (χ2v) is 5.55. The van der Waals surface area contributed by atoms with Crippen molar-refractivity contribution in [2.24, 2.45) is 0 Å². The fraction of sp³-hybridized carbons (Fsp3) is 0.667. The number of hydrogen-bond donors (Lipinski definition) is 0. The van der Waals surface area contributed by atoms with Crippen molar-refractivity contribution >= 4 is 0 Å². The average molecular weight is 281 g/mol. The van der Waals surface area contributed by atoms with Gasteiger partial charge in [-0.2, -0.15) is 10.1 Å². The highest BCUT2D eigenvalue weighted by atomic mass is 16.5. The summed E-state index contributed by atoms with van der Waals surface area (Å²) >= 11 is 0. The van der Waals surface area contributed by atoms with Gasteiger partial charge in [-0.1, -0.05) is 5.16 Å². The Hall–Kier alpha value is -1.96. The van der Waals surface area contributed by atoms with Gasteiger partial charge in [0.15, 0.2) is 5.82 Å². The lowest BCUT2D eigenvalue weighted by molar-refractivity contribution is 0.109. The number of methoxy groups -OCH3 is 1. The maximum absolute atomic E-state index is 12.2. The van der Waals surface area contributed by atoms with Crippen LogP contribution in [0.4, 0.5) is 0 Å². The number of rotatable bonds is 4. The van der Waals surface area contributed by atoms with Crippen molar-refractivity contribution in [3.63, 3.8) is 0 Å². The van der Waals surface area contributed by atoms with Crippen molar-refractivity contribution in [3.05, 3.63) is 28.5 Å². The minimum Gasteiger partial charge on any atom is -0.374 e. The average Bonchev–Trinajstić information content (AvgIpc) is 2.96. The topological polar surface area (TPSA) is 88.0 Å². The largest absolute Gasteiger partial charge is 0.374 e. The van der Waals surface area contributed by atoms with Gasteiger partial charge in [-0.25, -0.2) is 9.48 Å². The van der Waals surface area contributed by atoms with Gasteiger partial charge in [0.2, 0.25) is 5.89 Å². The standard InChI is InChI=1S/C12H19N5O3/c1-8(19-5)10-14-9(20-15-10)6-16-7-13-17(11(16)18)12(2,3)4/h7-8H,6H2,1-5H3. The maximum atomic E-state index is 12.2. The highest BCUT2D eigenvalue weighted by Crippen LogP contribution is 2.12. The van der Waals surface area contributed by atoms with E-state index in [9.17, 15) is 4.79 Å². The molecule has 0 aromatic carbocycles. The summed E-state index contributed by atoms with van der Waals surface area (Å²) in [6, 6.07) is 0. The van der Waals surface area contributed by atoms with Crippen LogP contribution in [0.5, 0.6) is 0 Å². The van der Waals surface area contributed by atoms with Gasteiger partial charge < -0.3 is 9.26 Å².